The van der Waals surface area contributed by atoms with Gasteiger partial charge in [0.1, 0.15) is 5.75 Å². The van der Waals surface area contributed by atoms with Crippen LogP contribution in [0.1, 0.15) is 10.4 Å². The lowest BCUT2D eigenvalue weighted by atomic mass is 10.0. The number of rotatable bonds is 3. The number of benzene rings is 1. The molecule has 0 unspecified atom stereocenters. The Hall–Kier alpha value is -2.23. The number of aromatic nitrogens is 1. The number of hydrogen-bond donors (Lipinski definition) is 0. The highest BCUT2D eigenvalue weighted by atomic mass is 19.1. The van der Waals surface area contributed by atoms with E-state index in [4.69, 9.17) is 4.74 Å². The van der Waals surface area contributed by atoms with Gasteiger partial charge in [-0.2, -0.15) is 0 Å². The van der Waals surface area contributed by atoms with Gasteiger partial charge in [-0.1, -0.05) is 12.1 Å². The molecule has 3 nitrogen and oxygen atoms in total. The van der Waals surface area contributed by atoms with Crippen LogP contribution in [-0.4, -0.2) is 18.4 Å². The molecule has 0 spiro atoms. The second-order valence-corrected chi connectivity index (χ2v) is 3.43. The maximum atomic E-state index is 13.4. The maximum Gasteiger partial charge on any atom is 0.153 e. The summed E-state index contributed by atoms with van der Waals surface area (Å²) in [6.07, 6.45) is 2.99. The molecule has 0 aliphatic carbocycles. The van der Waals surface area contributed by atoms with Crippen molar-refractivity contribution in [3.05, 3.63) is 48.0 Å². The Balaban J connectivity index is 2.52. The predicted molar refractivity (Wildman–Crippen MR) is 61.6 cm³/mol. The van der Waals surface area contributed by atoms with Crippen LogP contribution in [0, 0.1) is 5.82 Å². The zero-order valence-corrected chi connectivity index (χ0v) is 9.18. The van der Waals surface area contributed by atoms with Crippen LogP contribution in [0.2, 0.25) is 0 Å². The lowest BCUT2D eigenvalue weighted by molar-refractivity contribution is 0.112. The molecule has 0 fully saturated rings. The SMILES string of the molecule is COc1ccc(-c2cncc(F)c2C=O)cc1. The Kier molecular flexibility index (Phi) is 3.14. The van der Waals surface area contributed by atoms with Gasteiger partial charge in [-0.15, -0.1) is 0 Å². The molecule has 0 aliphatic heterocycles. The zero-order chi connectivity index (χ0) is 12.3. The van der Waals surface area contributed by atoms with Crippen molar-refractivity contribution < 1.29 is 13.9 Å². The number of nitrogens with zero attached hydrogens (tertiary/aromatic N) is 1. The molecule has 86 valence electrons. The topological polar surface area (TPSA) is 39.2 Å². The van der Waals surface area contributed by atoms with Gasteiger partial charge in [-0.3, -0.25) is 9.78 Å². The maximum absolute atomic E-state index is 13.4. The van der Waals surface area contributed by atoms with E-state index in [1.54, 1.807) is 31.4 Å². The van der Waals surface area contributed by atoms with E-state index in [-0.39, 0.29) is 5.56 Å². The van der Waals surface area contributed by atoms with Crippen molar-refractivity contribution in [1.82, 2.24) is 4.98 Å². The van der Waals surface area contributed by atoms with Gasteiger partial charge in [0, 0.05) is 11.8 Å². The fourth-order valence-corrected chi connectivity index (χ4v) is 1.57. The summed E-state index contributed by atoms with van der Waals surface area (Å²) >= 11 is 0. The summed E-state index contributed by atoms with van der Waals surface area (Å²) in [5.41, 5.74) is 1.22. The molecule has 0 amide bonds. The molecule has 2 aromatic rings. The molecule has 0 N–H and O–H groups in total. The van der Waals surface area contributed by atoms with Crippen molar-refractivity contribution in [3.63, 3.8) is 0 Å². The first kappa shape index (κ1) is 11.3. The summed E-state index contributed by atoms with van der Waals surface area (Å²) in [5.74, 6) is 0.0825. The van der Waals surface area contributed by atoms with Crippen LogP contribution in [0.15, 0.2) is 36.7 Å². The van der Waals surface area contributed by atoms with Gasteiger partial charge in [-0.25, -0.2) is 4.39 Å². The molecule has 0 radical (unpaired) electrons. The molecular weight excluding hydrogens is 221 g/mol. The number of ether oxygens (including phenoxy) is 1. The first-order valence-corrected chi connectivity index (χ1v) is 4.99. The molecule has 0 aliphatic rings. The summed E-state index contributed by atoms with van der Waals surface area (Å²) in [6, 6.07) is 6.99. The Morgan fingerprint density at radius 2 is 1.94 bits per heavy atom. The summed E-state index contributed by atoms with van der Waals surface area (Å²) in [5, 5.41) is 0. The van der Waals surface area contributed by atoms with Crippen LogP contribution < -0.4 is 4.74 Å². The highest BCUT2D eigenvalue weighted by Gasteiger charge is 2.10. The van der Waals surface area contributed by atoms with E-state index >= 15 is 0 Å². The summed E-state index contributed by atoms with van der Waals surface area (Å²) < 4.78 is 18.4. The first-order valence-electron chi connectivity index (χ1n) is 4.99. The monoisotopic (exact) mass is 231 g/mol. The van der Waals surface area contributed by atoms with Crippen molar-refractivity contribution in [3.8, 4) is 16.9 Å². The Morgan fingerprint density at radius 1 is 1.24 bits per heavy atom. The van der Waals surface area contributed by atoms with Crippen molar-refractivity contribution in [2.75, 3.05) is 7.11 Å². The molecule has 0 atom stereocenters. The molecule has 1 aromatic carbocycles. The molecule has 1 heterocycles. The molecule has 0 saturated carbocycles. The van der Waals surface area contributed by atoms with Gasteiger partial charge in [0.15, 0.2) is 12.1 Å². The van der Waals surface area contributed by atoms with E-state index in [1.165, 1.54) is 6.20 Å². The number of pyridine rings is 1. The highest BCUT2D eigenvalue weighted by Crippen LogP contribution is 2.25. The normalized spacial score (nSPS) is 10.0. The van der Waals surface area contributed by atoms with Crippen LogP contribution in [0.5, 0.6) is 5.75 Å². The number of methoxy groups -OCH3 is 1. The largest absolute Gasteiger partial charge is 0.497 e. The molecule has 17 heavy (non-hydrogen) atoms. The van der Waals surface area contributed by atoms with Crippen molar-refractivity contribution in [2.24, 2.45) is 0 Å². The van der Waals surface area contributed by atoms with E-state index in [2.05, 4.69) is 4.98 Å². The van der Waals surface area contributed by atoms with Crippen LogP contribution in [0.4, 0.5) is 4.39 Å². The first-order chi connectivity index (χ1) is 8.26. The van der Waals surface area contributed by atoms with Gasteiger partial charge in [0.05, 0.1) is 18.9 Å². The predicted octanol–water partition coefficient (Wildman–Crippen LogP) is 2.71. The lowest BCUT2D eigenvalue weighted by Gasteiger charge is -2.06. The second kappa shape index (κ2) is 4.74. The van der Waals surface area contributed by atoms with Gasteiger partial charge >= 0.3 is 0 Å². The summed E-state index contributed by atoms with van der Waals surface area (Å²) in [7, 11) is 1.57. The third-order valence-corrected chi connectivity index (χ3v) is 2.46. The number of halogens is 1. The fraction of sp³-hybridized carbons (Fsp3) is 0.0769. The minimum absolute atomic E-state index is 0.0187. The molecule has 1 aromatic heterocycles. The van der Waals surface area contributed by atoms with Crippen molar-refractivity contribution in [2.45, 2.75) is 0 Å². The van der Waals surface area contributed by atoms with E-state index in [1.807, 2.05) is 0 Å². The fourth-order valence-electron chi connectivity index (χ4n) is 1.57. The zero-order valence-electron chi connectivity index (χ0n) is 9.18. The average Bonchev–Trinajstić information content (AvgIpc) is 2.38. The highest BCUT2D eigenvalue weighted by molar-refractivity contribution is 5.87. The van der Waals surface area contributed by atoms with Gasteiger partial charge in [-0.05, 0) is 17.7 Å². The van der Waals surface area contributed by atoms with Crippen LogP contribution in [-0.2, 0) is 0 Å². The van der Waals surface area contributed by atoms with E-state index in [0.29, 0.717) is 17.6 Å². The van der Waals surface area contributed by atoms with Crippen molar-refractivity contribution in [1.29, 1.82) is 0 Å². The average molecular weight is 231 g/mol. The molecule has 0 bridgehead atoms. The smallest absolute Gasteiger partial charge is 0.153 e. The third kappa shape index (κ3) is 2.15. The van der Waals surface area contributed by atoms with Crippen molar-refractivity contribution >= 4 is 6.29 Å². The third-order valence-electron chi connectivity index (χ3n) is 2.46. The Labute approximate surface area is 97.9 Å². The minimum Gasteiger partial charge on any atom is -0.497 e. The standard InChI is InChI=1S/C13H10FNO2/c1-17-10-4-2-9(3-5-10)11-6-15-7-13(14)12(11)8-16/h2-8H,1H3. The van der Waals surface area contributed by atoms with Crippen LogP contribution in [0.3, 0.4) is 0 Å². The Morgan fingerprint density at radius 3 is 2.53 bits per heavy atom. The lowest BCUT2D eigenvalue weighted by Crippen LogP contribution is -1.94. The van der Waals surface area contributed by atoms with E-state index in [9.17, 15) is 9.18 Å². The molecule has 2 rings (SSSR count). The van der Waals surface area contributed by atoms with Crippen LogP contribution in [0.25, 0.3) is 11.1 Å². The number of hydrogen-bond acceptors (Lipinski definition) is 3. The van der Waals surface area contributed by atoms with Crippen LogP contribution >= 0.6 is 0 Å². The summed E-state index contributed by atoms with van der Waals surface area (Å²) in [6.45, 7) is 0. The quantitative estimate of drug-likeness (QED) is 0.762. The minimum atomic E-state index is -0.617. The number of aldehydes is 1. The van der Waals surface area contributed by atoms with Gasteiger partial charge in [0.25, 0.3) is 0 Å². The van der Waals surface area contributed by atoms with E-state index < -0.39 is 5.82 Å². The molecule has 4 heteroatoms. The van der Waals surface area contributed by atoms with Gasteiger partial charge in [0.2, 0.25) is 0 Å². The molecular formula is C13H10FNO2. The Bertz CT molecular complexity index is 538. The van der Waals surface area contributed by atoms with E-state index in [0.717, 1.165) is 11.8 Å². The summed E-state index contributed by atoms with van der Waals surface area (Å²) in [4.78, 5) is 14.6. The number of carbonyl (C=O) groups is 1. The number of carbonyl (C=O) groups excluding carboxylic acids is 1. The molecule has 0 saturated heterocycles. The second-order valence-electron chi connectivity index (χ2n) is 3.43. The van der Waals surface area contributed by atoms with Gasteiger partial charge < -0.3 is 4.74 Å².